The molecule has 0 unspecified atom stereocenters. The maximum absolute atomic E-state index is 11.3. The number of hydrogen-bond acceptors (Lipinski definition) is 6. The average molecular weight is 307 g/mol. The smallest absolute Gasteiger partial charge is 0.323 e. The van der Waals surface area contributed by atoms with Crippen molar-refractivity contribution >= 4 is 22.8 Å². The van der Waals surface area contributed by atoms with Gasteiger partial charge in [0.05, 0.1) is 9.80 Å². The van der Waals surface area contributed by atoms with Gasteiger partial charge < -0.3 is 9.47 Å². The molecule has 0 saturated carbocycles. The van der Waals surface area contributed by atoms with Crippen molar-refractivity contribution in [1.29, 1.82) is 0 Å². The van der Waals surface area contributed by atoms with E-state index in [4.69, 9.17) is 9.47 Å². The van der Waals surface area contributed by atoms with Crippen LogP contribution < -0.4 is 9.47 Å². The van der Waals surface area contributed by atoms with Crippen molar-refractivity contribution in [1.82, 2.24) is 0 Å². The summed E-state index contributed by atoms with van der Waals surface area (Å²) < 4.78 is 10.8. The van der Waals surface area contributed by atoms with E-state index in [0.29, 0.717) is 10.6 Å². The van der Waals surface area contributed by atoms with Gasteiger partial charge in [-0.05, 0) is 19.1 Å². The molecule has 0 saturated heterocycles. The van der Waals surface area contributed by atoms with E-state index < -0.39 is 4.92 Å². The van der Waals surface area contributed by atoms with Gasteiger partial charge in [0.2, 0.25) is 0 Å². The second-order valence-electron chi connectivity index (χ2n) is 4.11. The summed E-state index contributed by atoms with van der Waals surface area (Å²) in [4.78, 5) is 21.9. The van der Waals surface area contributed by atoms with Crippen LogP contribution in [0.25, 0.3) is 0 Å². The number of ether oxygens (including phenoxy) is 2. The molecule has 0 N–H and O–H groups in total. The lowest BCUT2D eigenvalue weighted by Gasteiger charge is -2.06. The molecule has 1 heterocycles. The first-order valence-corrected chi connectivity index (χ1v) is 6.99. The summed E-state index contributed by atoms with van der Waals surface area (Å²) in [7, 11) is 0. The molecule has 2 aromatic rings. The highest BCUT2D eigenvalue weighted by molar-refractivity contribution is 7.16. The van der Waals surface area contributed by atoms with Crippen molar-refractivity contribution in [3.05, 3.63) is 51.4 Å². The quantitative estimate of drug-likeness (QED) is 0.339. The second-order valence-corrected chi connectivity index (χ2v) is 5.12. The van der Waals surface area contributed by atoms with E-state index >= 15 is 0 Å². The molecule has 7 heteroatoms. The van der Waals surface area contributed by atoms with Crippen LogP contribution in [0, 0.1) is 10.1 Å². The number of para-hydroxylation sites is 1. The largest absolute Gasteiger partial charge is 0.490 e. The minimum absolute atomic E-state index is 0.127. The molecule has 1 aromatic carbocycles. The average Bonchev–Trinajstić information content (AvgIpc) is 2.89. The van der Waals surface area contributed by atoms with Crippen LogP contribution >= 0.6 is 11.3 Å². The number of Topliss-reactive ketones (excluding diaryl/α,β-unsaturated/α-hetero) is 1. The molecule has 0 fully saturated rings. The number of carbonyl (C=O) groups excluding carboxylic acids is 1. The van der Waals surface area contributed by atoms with Crippen molar-refractivity contribution in [2.45, 2.75) is 6.92 Å². The fraction of sp³-hybridized carbons (Fsp3) is 0.214. The van der Waals surface area contributed by atoms with Gasteiger partial charge in [-0.15, -0.1) is 0 Å². The van der Waals surface area contributed by atoms with Crippen molar-refractivity contribution in [3.63, 3.8) is 0 Å². The third-order valence-corrected chi connectivity index (χ3v) is 3.69. The first kappa shape index (κ1) is 15.0. The highest BCUT2D eigenvalue weighted by atomic mass is 32.1. The number of rotatable bonds is 7. The number of hydrogen-bond donors (Lipinski definition) is 0. The Morgan fingerprint density at radius 2 is 1.90 bits per heavy atom. The molecule has 0 aliphatic heterocycles. The Hall–Kier alpha value is -2.41. The zero-order chi connectivity index (χ0) is 15.2. The molecule has 0 bridgehead atoms. The molecule has 21 heavy (non-hydrogen) atoms. The van der Waals surface area contributed by atoms with Crippen LogP contribution in [-0.4, -0.2) is 23.9 Å². The Balaban J connectivity index is 1.93. The van der Waals surface area contributed by atoms with Crippen molar-refractivity contribution < 1.29 is 19.2 Å². The number of carbonyl (C=O) groups is 1. The SMILES string of the molecule is CC(=O)c1cc([N+](=O)[O-])c(OCCOc2ccccc2)s1. The van der Waals surface area contributed by atoms with Crippen molar-refractivity contribution in [3.8, 4) is 10.8 Å². The van der Waals surface area contributed by atoms with Crippen molar-refractivity contribution in [2.24, 2.45) is 0 Å². The fourth-order valence-electron chi connectivity index (χ4n) is 1.58. The van der Waals surface area contributed by atoms with Crippen LogP contribution in [0.3, 0.4) is 0 Å². The highest BCUT2D eigenvalue weighted by Gasteiger charge is 2.22. The first-order valence-electron chi connectivity index (χ1n) is 6.17. The van der Waals surface area contributed by atoms with E-state index in [-0.39, 0.29) is 29.7 Å². The van der Waals surface area contributed by atoms with E-state index in [9.17, 15) is 14.9 Å². The molecular formula is C14H13NO5S. The summed E-state index contributed by atoms with van der Waals surface area (Å²) in [5, 5.41) is 11.0. The maximum atomic E-state index is 11.3. The molecule has 0 spiro atoms. The maximum Gasteiger partial charge on any atom is 0.323 e. The molecular weight excluding hydrogens is 294 g/mol. The third kappa shape index (κ3) is 4.03. The summed E-state index contributed by atoms with van der Waals surface area (Å²) in [5.74, 6) is 0.477. The molecule has 0 amide bonds. The van der Waals surface area contributed by atoms with Gasteiger partial charge in [-0.1, -0.05) is 29.5 Å². The third-order valence-electron chi connectivity index (χ3n) is 2.55. The Bertz CT molecular complexity index is 638. The van der Waals surface area contributed by atoms with Gasteiger partial charge in [-0.25, -0.2) is 0 Å². The molecule has 110 valence electrons. The summed E-state index contributed by atoms with van der Waals surface area (Å²) in [6.07, 6.45) is 0. The lowest BCUT2D eigenvalue weighted by molar-refractivity contribution is -0.385. The Kier molecular flexibility index (Phi) is 4.89. The lowest BCUT2D eigenvalue weighted by Crippen LogP contribution is -2.08. The lowest BCUT2D eigenvalue weighted by atomic mass is 10.3. The standard InChI is InChI=1S/C14H13NO5S/c1-10(16)13-9-12(15(17)18)14(21-13)20-8-7-19-11-5-3-2-4-6-11/h2-6,9H,7-8H2,1H3. The molecule has 0 atom stereocenters. The summed E-state index contributed by atoms with van der Waals surface area (Å²) >= 11 is 0.973. The number of thiophene rings is 1. The van der Waals surface area contributed by atoms with Crippen LogP contribution in [0.4, 0.5) is 5.69 Å². The fourth-order valence-corrected chi connectivity index (χ4v) is 2.47. The van der Waals surface area contributed by atoms with E-state index in [0.717, 1.165) is 11.3 Å². The van der Waals surface area contributed by atoms with Crippen LogP contribution in [0.2, 0.25) is 0 Å². The zero-order valence-corrected chi connectivity index (χ0v) is 12.1. The Morgan fingerprint density at radius 1 is 1.24 bits per heavy atom. The number of benzene rings is 1. The predicted octanol–water partition coefficient (Wildman–Crippen LogP) is 3.32. The second kappa shape index (κ2) is 6.85. The normalized spacial score (nSPS) is 10.1. The van der Waals surface area contributed by atoms with E-state index in [2.05, 4.69) is 0 Å². The van der Waals surface area contributed by atoms with Crippen LogP contribution in [-0.2, 0) is 0 Å². The highest BCUT2D eigenvalue weighted by Crippen LogP contribution is 2.37. The van der Waals surface area contributed by atoms with Crippen LogP contribution in [0.15, 0.2) is 36.4 Å². The van der Waals surface area contributed by atoms with Crippen LogP contribution in [0.1, 0.15) is 16.6 Å². The molecule has 0 radical (unpaired) electrons. The predicted molar refractivity (Wildman–Crippen MR) is 78.4 cm³/mol. The van der Waals surface area contributed by atoms with Crippen molar-refractivity contribution in [2.75, 3.05) is 13.2 Å². The van der Waals surface area contributed by atoms with E-state index in [1.165, 1.54) is 13.0 Å². The van der Waals surface area contributed by atoms with Gasteiger partial charge in [0.15, 0.2) is 5.78 Å². The first-order chi connectivity index (χ1) is 10.1. The number of ketones is 1. The Labute approximate surface area is 125 Å². The van der Waals surface area contributed by atoms with Gasteiger partial charge >= 0.3 is 5.69 Å². The number of nitro groups is 1. The number of nitrogens with zero attached hydrogens (tertiary/aromatic N) is 1. The molecule has 2 rings (SSSR count). The zero-order valence-electron chi connectivity index (χ0n) is 11.3. The van der Waals surface area contributed by atoms with Gasteiger partial charge in [-0.2, -0.15) is 0 Å². The van der Waals surface area contributed by atoms with Gasteiger partial charge in [-0.3, -0.25) is 14.9 Å². The molecule has 0 aliphatic carbocycles. The minimum Gasteiger partial charge on any atom is -0.490 e. The van der Waals surface area contributed by atoms with E-state index in [1.807, 2.05) is 18.2 Å². The van der Waals surface area contributed by atoms with Gasteiger partial charge in [0.25, 0.3) is 5.06 Å². The Morgan fingerprint density at radius 3 is 2.52 bits per heavy atom. The monoisotopic (exact) mass is 307 g/mol. The van der Waals surface area contributed by atoms with Gasteiger partial charge in [0, 0.05) is 6.07 Å². The van der Waals surface area contributed by atoms with Crippen LogP contribution in [0.5, 0.6) is 10.8 Å². The summed E-state index contributed by atoms with van der Waals surface area (Å²) in [6.45, 7) is 1.78. The molecule has 1 aromatic heterocycles. The molecule has 6 nitrogen and oxygen atoms in total. The van der Waals surface area contributed by atoms with E-state index in [1.54, 1.807) is 12.1 Å². The summed E-state index contributed by atoms with van der Waals surface area (Å²) in [6, 6.07) is 10.4. The molecule has 0 aliphatic rings. The topological polar surface area (TPSA) is 78.7 Å². The summed E-state index contributed by atoms with van der Waals surface area (Å²) in [5.41, 5.74) is -0.190. The minimum atomic E-state index is -0.559. The van der Waals surface area contributed by atoms with Gasteiger partial charge in [0.1, 0.15) is 19.0 Å².